The van der Waals surface area contributed by atoms with Crippen molar-refractivity contribution in [3.05, 3.63) is 54.1 Å². The van der Waals surface area contributed by atoms with E-state index in [9.17, 15) is 23.9 Å². The molecule has 8 heteroatoms. The molecule has 1 aromatic heterocycles. The van der Waals surface area contributed by atoms with Crippen molar-refractivity contribution in [2.24, 2.45) is 17.3 Å². The van der Waals surface area contributed by atoms with E-state index in [-0.39, 0.29) is 11.3 Å². The number of carboxylic acid groups (broad SMARTS) is 1. The summed E-state index contributed by atoms with van der Waals surface area (Å²) in [6.07, 6.45) is 2.96. The maximum atomic E-state index is 14.1. The molecule has 0 radical (unpaired) electrons. The van der Waals surface area contributed by atoms with Gasteiger partial charge in [0.05, 0.1) is 29.3 Å². The van der Waals surface area contributed by atoms with Crippen LogP contribution in [0.25, 0.3) is 0 Å². The van der Waals surface area contributed by atoms with Gasteiger partial charge in [-0.1, -0.05) is 13.8 Å². The number of carboxylic acids is 1. The predicted molar refractivity (Wildman–Crippen MR) is 95.6 cm³/mol. The van der Waals surface area contributed by atoms with Gasteiger partial charge >= 0.3 is 5.97 Å². The molecule has 0 unspecified atom stereocenters. The minimum Gasteiger partial charge on any atom is -0.481 e. The Kier molecular flexibility index (Phi) is 4.65. The van der Waals surface area contributed by atoms with Crippen molar-refractivity contribution in [1.29, 1.82) is 0 Å². The number of amides is 2. The lowest BCUT2D eigenvalue weighted by molar-refractivity contribution is -0.140. The molecule has 1 aromatic carbocycles. The normalized spacial score (nSPS) is 19.8. The third-order valence-electron chi connectivity index (χ3n) is 4.77. The van der Waals surface area contributed by atoms with Crippen molar-refractivity contribution in [1.82, 2.24) is 4.98 Å². The molecule has 1 saturated carbocycles. The molecular formula is C19H18FN3O4. The van der Waals surface area contributed by atoms with Crippen LogP contribution in [0.2, 0.25) is 0 Å². The second-order valence-electron chi connectivity index (χ2n) is 6.99. The lowest BCUT2D eigenvalue weighted by Crippen LogP contribution is -2.19. The van der Waals surface area contributed by atoms with Crippen LogP contribution in [-0.4, -0.2) is 27.9 Å². The zero-order valence-corrected chi connectivity index (χ0v) is 14.7. The molecule has 0 bridgehead atoms. The van der Waals surface area contributed by atoms with Gasteiger partial charge in [-0.3, -0.25) is 19.4 Å². The summed E-state index contributed by atoms with van der Waals surface area (Å²) in [5.74, 6) is -4.40. The number of benzene rings is 1. The van der Waals surface area contributed by atoms with Crippen LogP contribution in [0.3, 0.4) is 0 Å². The summed E-state index contributed by atoms with van der Waals surface area (Å²) in [4.78, 5) is 39.8. The van der Waals surface area contributed by atoms with Crippen LogP contribution in [0, 0.1) is 23.1 Å². The molecule has 1 aliphatic rings. The van der Waals surface area contributed by atoms with Crippen molar-refractivity contribution in [2.75, 3.05) is 10.6 Å². The molecular weight excluding hydrogens is 353 g/mol. The van der Waals surface area contributed by atoms with Gasteiger partial charge in [0.25, 0.3) is 5.91 Å². The number of nitrogens with one attached hydrogen (secondary N) is 2. The minimum atomic E-state index is -1.03. The number of carbonyl (C=O) groups excluding carboxylic acids is 2. The van der Waals surface area contributed by atoms with Crippen LogP contribution in [0.5, 0.6) is 0 Å². The molecule has 0 saturated heterocycles. The topological polar surface area (TPSA) is 108 Å². The summed E-state index contributed by atoms with van der Waals surface area (Å²) in [5.41, 5.74) is -0.289. The Morgan fingerprint density at radius 3 is 2.44 bits per heavy atom. The summed E-state index contributed by atoms with van der Waals surface area (Å²) >= 11 is 0. The summed E-state index contributed by atoms with van der Waals surface area (Å²) in [6.45, 7) is 3.40. The highest BCUT2D eigenvalue weighted by Gasteiger charge is 2.65. The number of hydrogen-bond acceptors (Lipinski definition) is 4. The average molecular weight is 371 g/mol. The average Bonchev–Trinajstić information content (AvgIpc) is 3.20. The number of nitrogens with zero attached hydrogens (tertiary/aromatic N) is 1. The second-order valence-corrected chi connectivity index (χ2v) is 6.99. The molecule has 0 spiro atoms. The van der Waals surface area contributed by atoms with Crippen molar-refractivity contribution >= 4 is 29.2 Å². The zero-order valence-electron chi connectivity index (χ0n) is 14.7. The van der Waals surface area contributed by atoms with Gasteiger partial charge in [-0.25, -0.2) is 4.39 Å². The maximum Gasteiger partial charge on any atom is 0.307 e. The Hall–Kier alpha value is -3.29. The molecule has 2 amide bonds. The second kappa shape index (κ2) is 6.79. The summed E-state index contributed by atoms with van der Waals surface area (Å²) < 4.78 is 14.1. The van der Waals surface area contributed by atoms with E-state index in [0.717, 1.165) is 6.07 Å². The van der Waals surface area contributed by atoms with Crippen molar-refractivity contribution in [3.63, 3.8) is 0 Å². The van der Waals surface area contributed by atoms with Gasteiger partial charge in [-0.05, 0) is 35.7 Å². The fourth-order valence-corrected chi connectivity index (χ4v) is 3.22. The van der Waals surface area contributed by atoms with Crippen LogP contribution in [-0.2, 0) is 9.59 Å². The lowest BCUT2D eigenvalue weighted by Gasteiger charge is -2.10. The van der Waals surface area contributed by atoms with Crippen LogP contribution < -0.4 is 10.6 Å². The number of rotatable bonds is 5. The first-order chi connectivity index (χ1) is 12.7. The summed E-state index contributed by atoms with van der Waals surface area (Å²) in [6, 6.07) is 6.83. The molecule has 140 valence electrons. The SMILES string of the molecule is CC1(C)[C@H](C(=O)Nc2ccc(F)c(C(=O)Nc3cccnc3)c2)[C@@H]1C(=O)O. The van der Waals surface area contributed by atoms with Gasteiger partial charge in [0.1, 0.15) is 5.82 Å². The van der Waals surface area contributed by atoms with Gasteiger partial charge in [0, 0.05) is 11.9 Å². The van der Waals surface area contributed by atoms with Gasteiger partial charge in [-0.15, -0.1) is 0 Å². The molecule has 0 aliphatic heterocycles. The van der Waals surface area contributed by atoms with E-state index >= 15 is 0 Å². The molecule has 1 aliphatic carbocycles. The number of aliphatic carboxylic acids is 1. The number of aromatic nitrogens is 1. The fourth-order valence-electron chi connectivity index (χ4n) is 3.22. The van der Waals surface area contributed by atoms with Crippen LogP contribution in [0.4, 0.5) is 15.8 Å². The lowest BCUT2D eigenvalue weighted by atomic mass is 10.1. The Labute approximate surface area is 154 Å². The van der Waals surface area contributed by atoms with Crippen LogP contribution in [0.1, 0.15) is 24.2 Å². The monoisotopic (exact) mass is 371 g/mol. The third kappa shape index (κ3) is 3.64. The Morgan fingerprint density at radius 1 is 1.11 bits per heavy atom. The maximum absolute atomic E-state index is 14.1. The highest BCUT2D eigenvalue weighted by molar-refractivity contribution is 6.06. The summed E-state index contributed by atoms with van der Waals surface area (Å²) in [7, 11) is 0. The third-order valence-corrected chi connectivity index (χ3v) is 4.77. The van der Waals surface area contributed by atoms with Gasteiger partial charge in [0.2, 0.25) is 5.91 Å². The largest absolute Gasteiger partial charge is 0.481 e. The number of hydrogen-bond donors (Lipinski definition) is 3. The molecule has 27 heavy (non-hydrogen) atoms. The quantitative estimate of drug-likeness (QED) is 0.749. The van der Waals surface area contributed by atoms with Gasteiger partial charge in [-0.2, -0.15) is 0 Å². The van der Waals surface area contributed by atoms with E-state index in [1.807, 2.05) is 0 Å². The first kappa shape index (κ1) is 18.5. The van der Waals surface area contributed by atoms with Crippen LogP contribution in [0.15, 0.2) is 42.7 Å². The molecule has 3 N–H and O–H groups in total. The molecule has 7 nitrogen and oxygen atoms in total. The van der Waals surface area contributed by atoms with E-state index in [2.05, 4.69) is 15.6 Å². The Bertz CT molecular complexity index is 914. The molecule has 3 rings (SSSR count). The van der Waals surface area contributed by atoms with Gasteiger partial charge in [0.15, 0.2) is 0 Å². The number of anilines is 2. The Morgan fingerprint density at radius 2 is 1.85 bits per heavy atom. The smallest absolute Gasteiger partial charge is 0.307 e. The highest BCUT2D eigenvalue weighted by atomic mass is 19.1. The highest BCUT2D eigenvalue weighted by Crippen LogP contribution is 2.58. The predicted octanol–water partition coefficient (Wildman–Crippen LogP) is 2.77. The molecule has 1 heterocycles. The van der Waals surface area contributed by atoms with E-state index in [4.69, 9.17) is 0 Å². The first-order valence-corrected chi connectivity index (χ1v) is 8.26. The standard InChI is InChI=1S/C19H18FN3O4/c1-19(2)14(15(19)18(26)27)17(25)22-10-5-6-13(20)12(8-10)16(24)23-11-4-3-7-21-9-11/h3-9,14-15H,1-2H3,(H,22,25)(H,23,24)(H,26,27)/t14-,15+/m0/s1. The molecule has 2 aromatic rings. The minimum absolute atomic E-state index is 0.213. The van der Waals surface area contributed by atoms with Crippen molar-refractivity contribution < 1.29 is 23.9 Å². The zero-order chi connectivity index (χ0) is 19.8. The summed E-state index contributed by atoms with van der Waals surface area (Å²) in [5, 5.41) is 14.3. The number of carbonyl (C=O) groups is 3. The molecule has 2 atom stereocenters. The number of pyridine rings is 1. The Balaban J connectivity index is 1.75. The number of halogens is 1. The fraction of sp³-hybridized carbons (Fsp3) is 0.263. The van der Waals surface area contributed by atoms with E-state index in [1.54, 1.807) is 26.0 Å². The van der Waals surface area contributed by atoms with Crippen molar-refractivity contribution in [2.45, 2.75) is 13.8 Å². The van der Waals surface area contributed by atoms with E-state index in [0.29, 0.717) is 5.69 Å². The molecule has 1 fully saturated rings. The first-order valence-electron chi connectivity index (χ1n) is 8.26. The van der Waals surface area contributed by atoms with E-state index in [1.165, 1.54) is 24.5 Å². The van der Waals surface area contributed by atoms with Crippen LogP contribution >= 0.6 is 0 Å². The van der Waals surface area contributed by atoms with Gasteiger partial charge < -0.3 is 15.7 Å². The van der Waals surface area contributed by atoms with E-state index < -0.39 is 40.9 Å². The van der Waals surface area contributed by atoms with Crippen molar-refractivity contribution in [3.8, 4) is 0 Å².